The number of benzene rings is 2. The minimum Gasteiger partial charge on any atom is -0.497 e. The Hall–Kier alpha value is -2.13. The molecular weight excluding hydrogens is 416 g/mol. The fourth-order valence-electron chi connectivity index (χ4n) is 4.57. The fourth-order valence-corrected chi connectivity index (χ4v) is 6.25. The summed E-state index contributed by atoms with van der Waals surface area (Å²) in [4.78, 5) is 2.59. The Morgan fingerprint density at radius 3 is 2.61 bits per heavy atom. The highest BCUT2D eigenvalue weighted by Crippen LogP contribution is 2.34. The molecule has 0 aliphatic carbocycles. The highest BCUT2D eigenvalue weighted by molar-refractivity contribution is 7.89. The molecule has 168 valence electrons. The molecule has 2 aliphatic heterocycles. The monoisotopic (exact) mass is 446 g/mol. The second kappa shape index (κ2) is 9.56. The van der Waals surface area contributed by atoms with Crippen LogP contribution < -0.4 is 9.47 Å². The van der Waals surface area contributed by atoms with Crippen molar-refractivity contribution < 1.29 is 22.6 Å². The molecule has 7 nitrogen and oxygen atoms in total. The number of fused-ring (bicyclic) bond motifs is 1. The van der Waals surface area contributed by atoms with Gasteiger partial charge in [0.05, 0.1) is 27.4 Å². The van der Waals surface area contributed by atoms with Crippen molar-refractivity contribution in [3.63, 3.8) is 0 Å². The summed E-state index contributed by atoms with van der Waals surface area (Å²) in [6.07, 6.45) is 0.770. The molecule has 31 heavy (non-hydrogen) atoms. The number of rotatable bonds is 6. The van der Waals surface area contributed by atoms with Crippen molar-refractivity contribution in [3.05, 3.63) is 54.1 Å². The summed E-state index contributed by atoms with van der Waals surface area (Å²) < 4.78 is 45.0. The summed E-state index contributed by atoms with van der Waals surface area (Å²) >= 11 is 0. The van der Waals surface area contributed by atoms with Crippen molar-refractivity contribution in [2.75, 3.05) is 47.1 Å². The summed E-state index contributed by atoms with van der Waals surface area (Å²) in [7, 11) is -0.720. The standard InChI is InChI=1S/C23H30N2O5S/c1-28-20-8-9-22(29-2)23(14-20)31(26,27)25-11-10-21-19(16-25)17-30-13-12-24(21)15-18-6-4-3-5-7-18/h3-9,14,19,21H,10-13,15-17H2,1-2H3. The van der Waals surface area contributed by atoms with Gasteiger partial charge in [-0.15, -0.1) is 0 Å². The van der Waals surface area contributed by atoms with E-state index in [1.807, 2.05) is 6.07 Å². The molecule has 2 aliphatic rings. The van der Waals surface area contributed by atoms with E-state index in [-0.39, 0.29) is 10.8 Å². The maximum atomic E-state index is 13.5. The van der Waals surface area contributed by atoms with E-state index >= 15 is 0 Å². The molecule has 0 N–H and O–H groups in total. The smallest absolute Gasteiger partial charge is 0.246 e. The molecule has 0 aromatic heterocycles. The minimum atomic E-state index is -3.72. The van der Waals surface area contributed by atoms with Gasteiger partial charge < -0.3 is 14.2 Å². The highest BCUT2D eigenvalue weighted by atomic mass is 32.2. The third-order valence-electron chi connectivity index (χ3n) is 6.20. The normalized spacial score (nSPS) is 23.0. The summed E-state index contributed by atoms with van der Waals surface area (Å²) in [5.41, 5.74) is 1.26. The predicted octanol–water partition coefficient (Wildman–Crippen LogP) is 2.62. The first-order chi connectivity index (χ1) is 15.0. The van der Waals surface area contributed by atoms with E-state index in [4.69, 9.17) is 14.2 Å². The molecule has 0 radical (unpaired) electrons. The molecule has 2 heterocycles. The van der Waals surface area contributed by atoms with Crippen LogP contribution in [0.1, 0.15) is 12.0 Å². The molecule has 2 unspecified atom stereocenters. The zero-order valence-electron chi connectivity index (χ0n) is 18.1. The topological polar surface area (TPSA) is 68.3 Å². The van der Waals surface area contributed by atoms with Crippen molar-refractivity contribution in [3.8, 4) is 11.5 Å². The lowest BCUT2D eigenvalue weighted by molar-refractivity contribution is 0.0761. The van der Waals surface area contributed by atoms with E-state index in [0.717, 1.165) is 19.5 Å². The molecule has 8 heteroatoms. The van der Waals surface area contributed by atoms with Crippen LogP contribution in [-0.2, 0) is 21.3 Å². The van der Waals surface area contributed by atoms with Crippen molar-refractivity contribution in [2.24, 2.45) is 5.92 Å². The summed E-state index contributed by atoms with van der Waals surface area (Å²) in [5.74, 6) is 0.929. The quantitative estimate of drug-likeness (QED) is 0.680. The van der Waals surface area contributed by atoms with Crippen LogP contribution >= 0.6 is 0 Å². The number of piperidine rings is 1. The summed E-state index contributed by atoms with van der Waals surface area (Å²) in [6.45, 7) is 3.83. The number of hydrogen-bond acceptors (Lipinski definition) is 6. The van der Waals surface area contributed by atoms with Crippen LogP contribution in [0.15, 0.2) is 53.4 Å². The number of hydrogen-bond donors (Lipinski definition) is 0. The first-order valence-electron chi connectivity index (χ1n) is 10.6. The fraction of sp³-hybridized carbons (Fsp3) is 0.478. The van der Waals surface area contributed by atoms with Crippen molar-refractivity contribution in [1.29, 1.82) is 0 Å². The van der Waals surface area contributed by atoms with Crippen LogP contribution in [0.2, 0.25) is 0 Å². The Morgan fingerprint density at radius 2 is 1.87 bits per heavy atom. The largest absolute Gasteiger partial charge is 0.497 e. The van der Waals surface area contributed by atoms with Gasteiger partial charge >= 0.3 is 0 Å². The third kappa shape index (κ3) is 4.72. The second-order valence-corrected chi connectivity index (χ2v) is 9.93. The van der Waals surface area contributed by atoms with Crippen LogP contribution in [0.5, 0.6) is 11.5 Å². The van der Waals surface area contributed by atoms with Crippen molar-refractivity contribution >= 4 is 10.0 Å². The molecule has 0 amide bonds. The Bertz CT molecular complexity index is 983. The van der Waals surface area contributed by atoms with Gasteiger partial charge in [0.2, 0.25) is 10.0 Å². The predicted molar refractivity (Wildman–Crippen MR) is 118 cm³/mol. The van der Waals surface area contributed by atoms with E-state index in [1.54, 1.807) is 16.4 Å². The lowest BCUT2D eigenvalue weighted by atomic mass is 9.92. The number of methoxy groups -OCH3 is 2. The van der Waals surface area contributed by atoms with Gasteiger partial charge in [-0.1, -0.05) is 30.3 Å². The van der Waals surface area contributed by atoms with Gasteiger partial charge in [-0.05, 0) is 24.1 Å². The van der Waals surface area contributed by atoms with Gasteiger partial charge in [0.25, 0.3) is 0 Å². The lowest BCUT2D eigenvalue weighted by Crippen LogP contribution is -2.52. The number of nitrogens with zero attached hydrogens (tertiary/aromatic N) is 2. The average molecular weight is 447 g/mol. The van der Waals surface area contributed by atoms with E-state index in [2.05, 4.69) is 29.2 Å². The average Bonchev–Trinajstić information content (AvgIpc) is 3.01. The van der Waals surface area contributed by atoms with Gasteiger partial charge in [0.15, 0.2) is 0 Å². The first-order valence-corrected chi connectivity index (χ1v) is 12.0. The number of sulfonamides is 1. The second-order valence-electron chi connectivity index (χ2n) is 8.03. The van der Waals surface area contributed by atoms with Gasteiger partial charge in [0, 0.05) is 44.2 Å². The van der Waals surface area contributed by atoms with Crippen LogP contribution in [0.4, 0.5) is 0 Å². The molecule has 0 spiro atoms. The number of ether oxygens (including phenoxy) is 3. The zero-order valence-corrected chi connectivity index (χ0v) is 18.9. The lowest BCUT2D eigenvalue weighted by Gasteiger charge is -2.41. The molecule has 2 aromatic rings. The van der Waals surface area contributed by atoms with Crippen molar-refractivity contribution in [2.45, 2.75) is 23.9 Å². The molecule has 2 atom stereocenters. The van der Waals surface area contributed by atoms with Gasteiger partial charge in [-0.2, -0.15) is 4.31 Å². The molecule has 2 saturated heterocycles. The SMILES string of the molecule is COc1ccc(OC)c(S(=O)(=O)N2CCC3C(COCCN3Cc3ccccc3)C2)c1. The molecule has 2 aromatic carbocycles. The molecule has 2 fully saturated rings. The Morgan fingerprint density at radius 1 is 1.06 bits per heavy atom. The molecule has 4 rings (SSSR count). The van der Waals surface area contributed by atoms with Crippen LogP contribution in [0, 0.1) is 5.92 Å². The zero-order chi connectivity index (χ0) is 21.8. The summed E-state index contributed by atoms with van der Waals surface area (Å²) in [5, 5.41) is 0. The van der Waals surface area contributed by atoms with Crippen molar-refractivity contribution in [1.82, 2.24) is 9.21 Å². The first kappa shape index (κ1) is 22.1. The maximum Gasteiger partial charge on any atom is 0.246 e. The highest BCUT2D eigenvalue weighted by Gasteiger charge is 2.40. The Balaban J connectivity index is 1.55. The van der Waals surface area contributed by atoms with E-state index in [9.17, 15) is 8.42 Å². The van der Waals surface area contributed by atoms with Crippen LogP contribution in [0.3, 0.4) is 0 Å². The van der Waals surface area contributed by atoms with E-state index in [0.29, 0.717) is 43.8 Å². The Labute approximate surface area is 184 Å². The maximum absolute atomic E-state index is 13.5. The van der Waals surface area contributed by atoms with Crippen LogP contribution in [-0.4, -0.2) is 70.7 Å². The minimum absolute atomic E-state index is 0.117. The van der Waals surface area contributed by atoms with Gasteiger partial charge in [-0.3, -0.25) is 4.90 Å². The Kier molecular flexibility index (Phi) is 6.81. The van der Waals surface area contributed by atoms with Crippen LogP contribution in [0.25, 0.3) is 0 Å². The van der Waals surface area contributed by atoms with E-state index < -0.39 is 10.0 Å². The van der Waals surface area contributed by atoms with Gasteiger partial charge in [-0.25, -0.2) is 8.42 Å². The summed E-state index contributed by atoms with van der Waals surface area (Å²) in [6, 6.07) is 15.6. The third-order valence-corrected chi connectivity index (χ3v) is 8.08. The van der Waals surface area contributed by atoms with E-state index in [1.165, 1.54) is 25.8 Å². The van der Waals surface area contributed by atoms with Gasteiger partial charge in [0.1, 0.15) is 16.4 Å². The molecular formula is C23H30N2O5S. The molecule has 0 bridgehead atoms. The molecule has 0 saturated carbocycles.